The van der Waals surface area contributed by atoms with Crippen molar-refractivity contribution >= 4 is 0 Å². The Bertz CT molecular complexity index is 90.9. The van der Waals surface area contributed by atoms with Crippen molar-refractivity contribution in [1.82, 2.24) is 10.2 Å². The summed E-state index contributed by atoms with van der Waals surface area (Å²) in [7, 11) is 4.29. The molecule has 1 aliphatic rings. The van der Waals surface area contributed by atoms with Gasteiger partial charge in [0.1, 0.15) is 0 Å². The van der Waals surface area contributed by atoms with Crippen molar-refractivity contribution in [3.8, 4) is 0 Å². The molecule has 2 nitrogen and oxygen atoms in total. The molecule has 0 unspecified atom stereocenters. The van der Waals surface area contributed by atoms with Crippen LogP contribution in [-0.2, 0) is 0 Å². The molecule has 1 saturated heterocycles. The summed E-state index contributed by atoms with van der Waals surface area (Å²) < 4.78 is 0. The first kappa shape index (κ1) is 7.03. The summed E-state index contributed by atoms with van der Waals surface area (Å²) in [4.78, 5) is 2.30. The Morgan fingerprint density at radius 3 is 2.22 bits per heavy atom. The van der Waals surface area contributed by atoms with Crippen molar-refractivity contribution in [2.45, 2.75) is 13.0 Å². The predicted molar refractivity (Wildman–Crippen MR) is 39.5 cm³/mol. The van der Waals surface area contributed by atoms with Crippen LogP contribution in [0.2, 0.25) is 0 Å². The molecule has 0 aromatic carbocycles. The second-order valence-electron chi connectivity index (χ2n) is 3.17. The van der Waals surface area contributed by atoms with E-state index in [2.05, 4.69) is 31.2 Å². The Hall–Kier alpha value is -0.0800. The van der Waals surface area contributed by atoms with Gasteiger partial charge in [0.15, 0.2) is 0 Å². The van der Waals surface area contributed by atoms with Crippen LogP contribution >= 0.6 is 0 Å². The Morgan fingerprint density at radius 2 is 2.00 bits per heavy atom. The number of likely N-dealkylation sites (N-methyl/N-ethyl adjacent to an activating group) is 1. The molecule has 0 bridgehead atoms. The van der Waals surface area contributed by atoms with Gasteiger partial charge in [-0.25, -0.2) is 0 Å². The van der Waals surface area contributed by atoms with Gasteiger partial charge in [0.05, 0.1) is 0 Å². The smallest absolute Gasteiger partial charge is 0.0252 e. The van der Waals surface area contributed by atoms with E-state index in [1.165, 1.54) is 6.54 Å². The number of nitrogens with one attached hydrogen (secondary N) is 1. The lowest BCUT2D eigenvalue weighted by atomic mass is 10.1. The van der Waals surface area contributed by atoms with Gasteiger partial charge >= 0.3 is 0 Å². The minimum atomic E-state index is 0.755. The summed E-state index contributed by atoms with van der Waals surface area (Å²) >= 11 is 0. The van der Waals surface area contributed by atoms with Crippen LogP contribution in [0.15, 0.2) is 0 Å². The largest absolute Gasteiger partial charge is 0.315 e. The third kappa shape index (κ3) is 1.43. The Kier molecular flexibility index (Phi) is 2.09. The van der Waals surface area contributed by atoms with E-state index in [0.717, 1.165) is 18.5 Å². The lowest BCUT2D eigenvalue weighted by Gasteiger charge is -2.21. The first-order chi connectivity index (χ1) is 4.22. The molecule has 1 aliphatic heterocycles. The summed E-state index contributed by atoms with van der Waals surface area (Å²) in [6, 6.07) is 0.755. The average molecular weight is 128 g/mol. The molecule has 0 aliphatic carbocycles. The third-order valence-corrected chi connectivity index (χ3v) is 2.14. The predicted octanol–water partition coefficient (Wildman–Crippen LogP) is 0.156. The Labute approximate surface area is 57.2 Å². The monoisotopic (exact) mass is 128 g/mol. The second-order valence-corrected chi connectivity index (χ2v) is 3.17. The van der Waals surface area contributed by atoms with Gasteiger partial charge in [-0.15, -0.1) is 0 Å². The Balaban J connectivity index is 2.40. The lowest BCUT2D eigenvalue weighted by molar-refractivity contribution is 0.266. The molecular formula is C7H16N2. The molecule has 54 valence electrons. The third-order valence-electron chi connectivity index (χ3n) is 2.14. The van der Waals surface area contributed by atoms with Crippen molar-refractivity contribution in [3.63, 3.8) is 0 Å². The van der Waals surface area contributed by atoms with Crippen molar-refractivity contribution in [2.24, 2.45) is 5.92 Å². The number of hydrogen-bond acceptors (Lipinski definition) is 2. The number of nitrogens with zero attached hydrogens (tertiary/aromatic N) is 1. The zero-order valence-electron chi connectivity index (χ0n) is 6.52. The van der Waals surface area contributed by atoms with Crippen molar-refractivity contribution in [3.05, 3.63) is 0 Å². The van der Waals surface area contributed by atoms with E-state index in [1.54, 1.807) is 0 Å². The van der Waals surface area contributed by atoms with Crippen LogP contribution in [0.1, 0.15) is 6.92 Å². The summed E-state index contributed by atoms with van der Waals surface area (Å²) in [5, 5.41) is 3.36. The van der Waals surface area contributed by atoms with E-state index >= 15 is 0 Å². The second kappa shape index (κ2) is 2.67. The molecule has 9 heavy (non-hydrogen) atoms. The summed E-state index contributed by atoms with van der Waals surface area (Å²) in [6.45, 7) is 4.64. The molecule has 0 amide bonds. The molecule has 0 saturated carbocycles. The van der Waals surface area contributed by atoms with Gasteiger partial charge in [-0.3, -0.25) is 0 Å². The average Bonchev–Trinajstić information content (AvgIpc) is 2.13. The molecule has 1 fully saturated rings. The Morgan fingerprint density at radius 1 is 1.33 bits per heavy atom. The molecule has 1 rings (SSSR count). The molecule has 1 heterocycles. The maximum atomic E-state index is 3.36. The van der Waals surface area contributed by atoms with Crippen LogP contribution in [-0.4, -0.2) is 38.1 Å². The fourth-order valence-corrected chi connectivity index (χ4v) is 1.49. The van der Waals surface area contributed by atoms with Gasteiger partial charge in [0, 0.05) is 12.6 Å². The fourth-order valence-electron chi connectivity index (χ4n) is 1.49. The molecule has 0 aromatic heterocycles. The molecule has 0 spiro atoms. The van der Waals surface area contributed by atoms with Gasteiger partial charge < -0.3 is 10.2 Å². The van der Waals surface area contributed by atoms with Crippen LogP contribution in [0.3, 0.4) is 0 Å². The molecule has 1 N–H and O–H groups in total. The van der Waals surface area contributed by atoms with E-state index in [0.29, 0.717) is 0 Å². The minimum absolute atomic E-state index is 0.755. The van der Waals surface area contributed by atoms with Crippen LogP contribution in [0.4, 0.5) is 0 Å². The van der Waals surface area contributed by atoms with Crippen LogP contribution in [0.25, 0.3) is 0 Å². The molecule has 0 radical (unpaired) electrons. The highest BCUT2D eigenvalue weighted by Gasteiger charge is 2.23. The SMILES string of the molecule is C[C@@H]1CNC[C@H]1N(C)C. The van der Waals surface area contributed by atoms with Gasteiger partial charge in [-0.2, -0.15) is 0 Å². The highest BCUT2D eigenvalue weighted by molar-refractivity contribution is 4.83. The summed E-state index contributed by atoms with van der Waals surface area (Å²) in [5.41, 5.74) is 0. The highest BCUT2D eigenvalue weighted by atomic mass is 15.2. The van der Waals surface area contributed by atoms with Crippen LogP contribution in [0, 0.1) is 5.92 Å². The maximum Gasteiger partial charge on any atom is 0.0252 e. The maximum absolute atomic E-state index is 3.36. The van der Waals surface area contributed by atoms with Crippen LogP contribution in [0.5, 0.6) is 0 Å². The van der Waals surface area contributed by atoms with Crippen molar-refractivity contribution in [1.29, 1.82) is 0 Å². The summed E-state index contributed by atoms with van der Waals surface area (Å²) in [6.07, 6.45) is 0. The molecule has 2 heteroatoms. The van der Waals surface area contributed by atoms with E-state index in [9.17, 15) is 0 Å². The van der Waals surface area contributed by atoms with Gasteiger partial charge in [-0.05, 0) is 26.6 Å². The molecule has 2 atom stereocenters. The van der Waals surface area contributed by atoms with Gasteiger partial charge in [0.25, 0.3) is 0 Å². The van der Waals surface area contributed by atoms with Gasteiger partial charge in [-0.1, -0.05) is 6.92 Å². The number of rotatable bonds is 1. The quantitative estimate of drug-likeness (QED) is 0.541. The highest BCUT2D eigenvalue weighted by Crippen LogP contribution is 2.11. The fraction of sp³-hybridized carbons (Fsp3) is 1.00. The summed E-state index contributed by atoms with van der Waals surface area (Å²) in [5.74, 6) is 0.819. The van der Waals surface area contributed by atoms with E-state index in [4.69, 9.17) is 0 Å². The first-order valence-corrected chi connectivity index (χ1v) is 3.59. The number of hydrogen-bond donors (Lipinski definition) is 1. The molecule has 0 aromatic rings. The lowest BCUT2D eigenvalue weighted by Crippen LogP contribution is -2.33. The van der Waals surface area contributed by atoms with Gasteiger partial charge in [0.2, 0.25) is 0 Å². The first-order valence-electron chi connectivity index (χ1n) is 3.59. The zero-order valence-corrected chi connectivity index (χ0v) is 6.52. The van der Waals surface area contributed by atoms with Crippen molar-refractivity contribution < 1.29 is 0 Å². The minimum Gasteiger partial charge on any atom is -0.315 e. The van der Waals surface area contributed by atoms with Crippen LogP contribution < -0.4 is 5.32 Å². The topological polar surface area (TPSA) is 15.3 Å². The standard InChI is InChI=1S/C7H16N2/c1-6-4-8-5-7(6)9(2)3/h6-8H,4-5H2,1-3H3/t6-,7-/m1/s1. The van der Waals surface area contributed by atoms with E-state index in [1.807, 2.05) is 0 Å². The normalized spacial score (nSPS) is 36.0. The molecular weight excluding hydrogens is 112 g/mol. The van der Waals surface area contributed by atoms with E-state index < -0.39 is 0 Å². The zero-order chi connectivity index (χ0) is 6.85. The van der Waals surface area contributed by atoms with Crippen molar-refractivity contribution in [2.75, 3.05) is 27.2 Å². The van der Waals surface area contributed by atoms with E-state index in [-0.39, 0.29) is 0 Å².